The molecule has 0 aromatic heterocycles. The van der Waals surface area contributed by atoms with Gasteiger partial charge in [-0.2, -0.15) is 5.26 Å². The number of halogens is 1. The van der Waals surface area contributed by atoms with Crippen LogP contribution < -0.4 is 0 Å². The Labute approximate surface area is 123 Å². The molecule has 112 valence electrons. The summed E-state index contributed by atoms with van der Waals surface area (Å²) in [6.45, 7) is 0. The lowest BCUT2D eigenvalue weighted by Crippen LogP contribution is -2.25. The summed E-state index contributed by atoms with van der Waals surface area (Å²) < 4.78 is 11.9. The molecule has 0 heterocycles. The fourth-order valence-corrected chi connectivity index (χ4v) is 4.26. The van der Waals surface area contributed by atoms with E-state index in [-0.39, 0.29) is 0 Å². The van der Waals surface area contributed by atoms with Crippen LogP contribution in [0.4, 0.5) is 4.39 Å². The molecule has 0 saturated heterocycles. The van der Waals surface area contributed by atoms with E-state index >= 15 is 0 Å². The fourth-order valence-electron chi connectivity index (χ4n) is 4.26. The summed E-state index contributed by atoms with van der Waals surface area (Å²) in [6.07, 6.45) is 16.0. The molecule has 2 aliphatic carbocycles. The highest BCUT2D eigenvalue weighted by molar-refractivity contribution is 4.89. The van der Waals surface area contributed by atoms with Crippen molar-refractivity contribution in [3.05, 3.63) is 12.4 Å². The summed E-state index contributed by atoms with van der Waals surface area (Å²) in [6, 6.07) is 2.44. The number of unbranched alkanes of at least 4 members (excludes halogenated alkanes) is 1. The zero-order chi connectivity index (χ0) is 14.2. The van der Waals surface area contributed by atoms with Crippen LogP contribution in [0.15, 0.2) is 12.4 Å². The largest absolute Gasteiger partial charge is 0.216 e. The summed E-state index contributed by atoms with van der Waals surface area (Å²) in [5, 5.41) is 8.96. The van der Waals surface area contributed by atoms with Gasteiger partial charge in [0.15, 0.2) is 0 Å². The van der Waals surface area contributed by atoms with Crippen LogP contribution in [0, 0.1) is 35.0 Å². The Hall–Kier alpha value is -0.840. The van der Waals surface area contributed by atoms with Gasteiger partial charge in [-0.15, -0.1) is 0 Å². The quantitative estimate of drug-likeness (QED) is 0.585. The minimum Gasteiger partial charge on any atom is -0.216 e. The van der Waals surface area contributed by atoms with E-state index in [9.17, 15) is 4.39 Å². The molecule has 2 saturated carbocycles. The van der Waals surface area contributed by atoms with Crippen molar-refractivity contribution < 1.29 is 4.39 Å². The predicted octanol–water partition coefficient (Wildman–Crippen LogP) is 5.78. The van der Waals surface area contributed by atoms with E-state index in [0.717, 1.165) is 43.4 Å². The second-order valence-corrected chi connectivity index (χ2v) is 6.81. The topological polar surface area (TPSA) is 23.8 Å². The van der Waals surface area contributed by atoms with Crippen molar-refractivity contribution in [1.82, 2.24) is 0 Å². The first kappa shape index (κ1) is 15.5. The van der Waals surface area contributed by atoms with Gasteiger partial charge in [-0.1, -0.05) is 25.3 Å². The van der Waals surface area contributed by atoms with E-state index in [0.29, 0.717) is 12.2 Å². The average molecular weight is 277 g/mol. The van der Waals surface area contributed by atoms with E-state index in [2.05, 4.69) is 6.07 Å². The Balaban J connectivity index is 1.63. The molecule has 0 atom stereocenters. The third kappa shape index (κ3) is 4.62. The lowest BCUT2D eigenvalue weighted by molar-refractivity contribution is 0.153. The van der Waals surface area contributed by atoms with Crippen LogP contribution in [0.25, 0.3) is 0 Å². The van der Waals surface area contributed by atoms with Gasteiger partial charge in [-0.25, -0.2) is 4.39 Å². The van der Waals surface area contributed by atoms with Crippen molar-refractivity contribution in [3.8, 4) is 6.07 Å². The second-order valence-electron chi connectivity index (χ2n) is 6.81. The van der Waals surface area contributed by atoms with Crippen LogP contribution >= 0.6 is 0 Å². The first-order chi connectivity index (χ1) is 9.83. The summed E-state index contributed by atoms with van der Waals surface area (Å²) >= 11 is 0. The Morgan fingerprint density at radius 3 is 2.10 bits per heavy atom. The Kier molecular flexibility index (Phi) is 6.57. The van der Waals surface area contributed by atoms with Gasteiger partial charge >= 0.3 is 0 Å². The van der Waals surface area contributed by atoms with Gasteiger partial charge < -0.3 is 0 Å². The van der Waals surface area contributed by atoms with Gasteiger partial charge in [-0.05, 0) is 69.1 Å². The normalized spacial score (nSPS) is 35.0. The van der Waals surface area contributed by atoms with Gasteiger partial charge in [0, 0.05) is 5.92 Å². The SMILES string of the molecule is N#C[C@H]1CC[C@H](C2CCC(CCC/C=C/F)CC2)CC1. The molecule has 2 aliphatic rings. The molecule has 0 radical (unpaired) electrons. The highest BCUT2D eigenvalue weighted by atomic mass is 19.1. The number of hydrogen-bond acceptors (Lipinski definition) is 1. The van der Waals surface area contributed by atoms with Gasteiger partial charge in [0.1, 0.15) is 0 Å². The summed E-state index contributed by atoms with van der Waals surface area (Å²) in [5.74, 6) is 3.05. The van der Waals surface area contributed by atoms with Gasteiger partial charge in [0.25, 0.3) is 0 Å². The Morgan fingerprint density at radius 1 is 0.950 bits per heavy atom. The minimum absolute atomic E-state index is 0.339. The van der Waals surface area contributed by atoms with Gasteiger partial charge in [-0.3, -0.25) is 0 Å². The summed E-state index contributed by atoms with van der Waals surface area (Å²) in [7, 11) is 0. The fraction of sp³-hybridized carbons (Fsp3) is 0.833. The van der Waals surface area contributed by atoms with Crippen LogP contribution in [0.5, 0.6) is 0 Å². The lowest BCUT2D eigenvalue weighted by Gasteiger charge is -2.36. The molecule has 2 heteroatoms. The predicted molar refractivity (Wildman–Crippen MR) is 80.6 cm³/mol. The average Bonchev–Trinajstić information content (AvgIpc) is 2.52. The maximum atomic E-state index is 11.9. The van der Waals surface area contributed by atoms with Crippen molar-refractivity contribution in [3.63, 3.8) is 0 Å². The highest BCUT2D eigenvalue weighted by Gasteiger charge is 2.30. The molecule has 0 spiro atoms. The minimum atomic E-state index is 0.339. The monoisotopic (exact) mass is 277 g/mol. The zero-order valence-electron chi connectivity index (χ0n) is 12.6. The summed E-state index contributed by atoms with van der Waals surface area (Å²) in [4.78, 5) is 0. The Bertz CT molecular complexity index is 328. The molecular weight excluding hydrogens is 249 g/mol. The number of hydrogen-bond donors (Lipinski definition) is 0. The molecule has 0 bridgehead atoms. The molecule has 0 aromatic carbocycles. The van der Waals surface area contributed by atoms with Crippen molar-refractivity contribution in [1.29, 1.82) is 5.26 Å². The molecular formula is C18H28FN. The van der Waals surface area contributed by atoms with Gasteiger partial charge in [0.2, 0.25) is 0 Å². The standard InChI is InChI=1S/C18H28FN/c19-13-3-1-2-4-15-5-9-17(10-6-15)18-11-7-16(14-20)8-12-18/h3,13,15-18H,1-2,4-12H2/b13-3+/t15?,16-,17?,18-. The highest BCUT2D eigenvalue weighted by Crippen LogP contribution is 2.42. The third-order valence-electron chi connectivity index (χ3n) is 5.58. The Morgan fingerprint density at radius 2 is 1.55 bits per heavy atom. The number of allylic oxidation sites excluding steroid dienone is 1. The molecule has 1 nitrogen and oxygen atoms in total. The summed E-state index contributed by atoms with van der Waals surface area (Å²) in [5.41, 5.74) is 0. The van der Waals surface area contributed by atoms with Gasteiger partial charge in [0.05, 0.1) is 12.4 Å². The van der Waals surface area contributed by atoms with Crippen LogP contribution in [0.1, 0.15) is 70.6 Å². The number of rotatable bonds is 5. The van der Waals surface area contributed by atoms with E-state index < -0.39 is 0 Å². The molecule has 2 fully saturated rings. The van der Waals surface area contributed by atoms with Crippen LogP contribution in [-0.2, 0) is 0 Å². The maximum absolute atomic E-state index is 11.9. The molecule has 0 N–H and O–H groups in total. The van der Waals surface area contributed by atoms with Crippen molar-refractivity contribution >= 4 is 0 Å². The molecule has 0 aliphatic heterocycles. The van der Waals surface area contributed by atoms with Crippen LogP contribution in [-0.4, -0.2) is 0 Å². The lowest BCUT2D eigenvalue weighted by atomic mass is 9.69. The second kappa shape index (κ2) is 8.45. The first-order valence-electron chi connectivity index (χ1n) is 8.48. The van der Waals surface area contributed by atoms with Crippen molar-refractivity contribution in [2.24, 2.45) is 23.7 Å². The number of nitriles is 1. The molecule has 0 aromatic rings. The van der Waals surface area contributed by atoms with Crippen LogP contribution in [0.2, 0.25) is 0 Å². The smallest absolute Gasteiger partial charge is 0.0827 e. The zero-order valence-corrected chi connectivity index (χ0v) is 12.6. The van der Waals surface area contributed by atoms with Crippen molar-refractivity contribution in [2.75, 3.05) is 0 Å². The van der Waals surface area contributed by atoms with E-state index in [1.54, 1.807) is 6.08 Å². The molecule has 20 heavy (non-hydrogen) atoms. The first-order valence-corrected chi connectivity index (χ1v) is 8.48. The number of nitrogens with zero attached hydrogens (tertiary/aromatic N) is 1. The maximum Gasteiger partial charge on any atom is 0.0827 e. The van der Waals surface area contributed by atoms with Crippen molar-refractivity contribution in [2.45, 2.75) is 70.6 Å². The van der Waals surface area contributed by atoms with E-state index in [1.807, 2.05) is 0 Å². The molecule has 2 rings (SSSR count). The van der Waals surface area contributed by atoms with E-state index in [1.165, 1.54) is 44.9 Å². The van der Waals surface area contributed by atoms with E-state index in [4.69, 9.17) is 5.26 Å². The van der Waals surface area contributed by atoms with Crippen LogP contribution in [0.3, 0.4) is 0 Å². The third-order valence-corrected chi connectivity index (χ3v) is 5.58. The molecule has 0 amide bonds. The molecule has 0 unspecified atom stereocenters.